The van der Waals surface area contributed by atoms with E-state index in [0.717, 1.165) is 11.6 Å². The van der Waals surface area contributed by atoms with Crippen molar-refractivity contribution in [1.29, 1.82) is 0 Å². The van der Waals surface area contributed by atoms with E-state index in [1.54, 1.807) is 68.7 Å². The second-order valence-electron chi connectivity index (χ2n) is 13.9. The van der Waals surface area contributed by atoms with Crippen molar-refractivity contribution < 1.29 is 34.0 Å². The third kappa shape index (κ3) is 6.47. The van der Waals surface area contributed by atoms with E-state index in [0.29, 0.717) is 34.5 Å². The summed E-state index contributed by atoms with van der Waals surface area (Å²) in [4.78, 5) is 35.9. The number of nitrogens with two attached hydrogens (primary N) is 2. The van der Waals surface area contributed by atoms with Crippen molar-refractivity contribution in [1.82, 2.24) is 9.97 Å². The first-order valence-corrected chi connectivity index (χ1v) is 17.6. The summed E-state index contributed by atoms with van der Waals surface area (Å²) in [6.45, 7) is 4.65. The zero-order valence-corrected chi connectivity index (χ0v) is 30.0. The summed E-state index contributed by atoms with van der Waals surface area (Å²) in [6.07, 6.45) is 4.56. The predicted octanol–water partition coefficient (Wildman–Crippen LogP) is 5.40. The molecule has 2 aliphatic rings. The highest BCUT2D eigenvalue weighted by Gasteiger charge is 2.52. The number of nitrogen functional groups attached to an aromatic ring is 2. The van der Waals surface area contributed by atoms with Crippen LogP contribution in [0.4, 0.5) is 11.6 Å². The zero-order valence-electron chi connectivity index (χ0n) is 30.0. The van der Waals surface area contributed by atoms with Crippen LogP contribution in [0.25, 0.3) is 11.0 Å². The van der Waals surface area contributed by atoms with Gasteiger partial charge in [0.05, 0.1) is 5.92 Å². The number of fused-ring (bicyclic) bond motifs is 3. The summed E-state index contributed by atoms with van der Waals surface area (Å²) < 4.78 is 19.8. The number of pyridine rings is 2. The highest BCUT2D eigenvalue weighted by atomic mass is 16.6. The molecule has 7 rings (SSSR count). The number of aliphatic hydroxyl groups is 1. The van der Waals surface area contributed by atoms with Crippen LogP contribution in [-0.2, 0) is 29.0 Å². The summed E-state index contributed by atoms with van der Waals surface area (Å²) in [5.41, 5.74) is 13.4. The molecule has 7 N–H and O–H groups in total. The molecule has 0 aliphatic carbocycles. The van der Waals surface area contributed by atoms with Crippen molar-refractivity contribution in [3.8, 4) is 29.1 Å². The van der Waals surface area contributed by atoms with Gasteiger partial charge in [-0.05, 0) is 74.2 Å². The van der Waals surface area contributed by atoms with Crippen LogP contribution in [0.3, 0.4) is 0 Å². The minimum atomic E-state index is -1.28. The largest absolute Gasteiger partial charge is 0.508 e. The van der Waals surface area contributed by atoms with Gasteiger partial charge in [0, 0.05) is 59.8 Å². The Hall–Kier alpha value is -6.32. The first kappa shape index (κ1) is 36.1. The molecule has 54 heavy (non-hydrogen) atoms. The molecular weight excluding hydrogens is 688 g/mol. The van der Waals surface area contributed by atoms with Crippen LogP contribution < -0.4 is 21.6 Å². The number of esters is 1. The minimum absolute atomic E-state index is 0.0162. The van der Waals surface area contributed by atoms with E-state index in [4.69, 9.17) is 25.4 Å². The van der Waals surface area contributed by atoms with Gasteiger partial charge in [-0.1, -0.05) is 30.2 Å². The molecule has 5 heterocycles. The molecule has 3 aromatic heterocycles. The standard InChI is InChI=1S/C42H40N4O8/c1-4-22(2)41(51)53-32-19-30-38(50)36-31(49)18-28(21-47)52-40(36)37-35(25-13-14-45-34(44)17-25)29(24-7-5-9-27(48)16-24)10-6-8-26(42(32,3)54-39(30)37)15-23-11-12-33(43)46-20-23/h4-5,7,9,11-14,16-18,20,26,29,32,35,47-48,50H,8,15,19,21H2,1-3H3,(H2,43,46)(H2,44,45). The first-order valence-electron chi connectivity index (χ1n) is 17.6. The lowest BCUT2D eigenvalue weighted by molar-refractivity contribution is -0.164. The number of hydrogen-bond acceptors (Lipinski definition) is 12. The van der Waals surface area contributed by atoms with Gasteiger partial charge in [-0.25, -0.2) is 14.8 Å². The van der Waals surface area contributed by atoms with Gasteiger partial charge in [0.25, 0.3) is 0 Å². The number of ether oxygens (including phenoxy) is 2. The number of rotatable bonds is 7. The molecule has 5 aromatic rings. The van der Waals surface area contributed by atoms with E-state index < -0.39 is 53.2 Å². The number of nitrogens with zero attached hydrogens (tertiary/aromatic N) is 2. The van der Waals surface area contributed by atoms with Gasteiger partial charge >= 0.3 is 5.97 Å². The molecule has 0 fully saturated rings. The number of hydrogen-bond donors (Lipinski definition) is 5. The van der Waals surface area contributed by atoms with E-state index in [9.17, 15) is 24.9 Å². The number of aromatic nitrogens is 2. The third-order valence-electron chi connectivity index (χ3n) is 10.6. The quantitative estimate of drug-likeness (QED) is 0.0812. The van der Waals surface area contributed by atoms with Crippen molar-refractivity contribution in [2.75, 3.05) is 11.5 Å². The molecule has 12 nitrogen and oxygen atoms in total. The highest BCUT2D eigenvalue weighted by molar-refractivity contribution is 5.92. The van der Waals surface area contributed by atoms with Gasteiger partial charge in [0.1, 0.15) is 63.9 Å². The molecule has 2 aliphatic heterocycles. The number of allylic oxidation sites excluding steroid dienone is 1. The molecule has 0 radical (unpaired) electrons. The number of phenols is 2. The fourth-order valence-corrected chi connectivity index (χ4v) is 7.54. The third-order valence-corrected chi connectivity index (χ3v) is 10.6. The lowest BCUT2D eigenvalue weighted by Gasteiger charge is -2.47. The Morgan fingerprint density at radius 3 is 2.61 bits per heavy atom. The summed E-state index contributed by atoms with van der Waals surface area (Å²) in [5, 5.41) is 32.8. The molecule has 5 unspecified atom stereocenters. The monoisotopic (exact) mass is 728 g/mol. The number of phenolic OH excluding ortho intramolecular Hbond substituents is 2. The Morgan fingerprint density at radius 1 is 1.09 bits per heavy atom. The Labute approximate surface area is 311 Å². The molecular formula is C42H40N4O8. The first-order chi connectivity index (χ1) is 25.9. The zero-order chi connectivity index (χ0) is 38.3. The maximum Gasteiger partial charge on any atom is 0.333 e. The van der Waals surface area contributed by atoms with E-state index in [1.807, 2.05) is 19.1 Å². The van der Waals surface area contributed by atoms with Crippen LogP contribution in [0.15, 0.2) is 87.9 Å². The van der Waals surface area contributed by atoms with Gasteiger partial charge in [-0.2, -0.15) is 0 Å². The second-order valence-corrected chi connectivity index (χ2v) is 13.9. The number of aromatic hydroxyl groups is 2. The van der Waals surface area contributed by atoms with Crippen LogP contribution in [-0.4, -0.2) is 43.0 Å². The smallest absolute Gasteiger partial charge is 0.333 e. The minimum Gasteiger partial charge on any atom is -0.508 e. The maximum atomic E-state index is 13.9. The lowest BCUT2D eigenvalue weighted by Crippen LogP contribution is -2.57. The predicted molar refractivity (Wildman–Crippen MR) is 202 cm³/mol. The van der Waals surface area contributed by atoms with Crippen molar-refractivity contribution in [2.24, 2.45) is 5.92 Å². The topological polar surface area (TPSA) is 204 Å². The van der Waals surface area contributed by atoms with Crippen LogP contribution >= 0.6 is 0 Å². The molecule has 2 aromatic carbocycles. The number of anilines is 2. The van der Waals surface area contributed by atoms with Gasteiger partial charge in [0.15, 0.2) is 5.43 Å². The summed E-state index contributed by atoms with van der Waals surface area (Å²) in [5.74, 6) is 4.79. The van der Waals surface area contributed by atoms with Gasteiger partial charge < -0.3 is 40.7 Å². The number of carbonyl (C=O) groups excluding carboxylic acids is 1. The lowest BCUT2D eigenvalue weighted by atomic mass is 9.71. The molecule has 0 saturated carbocycles. The SMILES string of the molecule is CC=C(C)C(=O)OC1Cc2c3c(c4oc(CO)cc(=O)c4c2O)C(c2ccnc(N)c2)C(c2cccc(O)c2)C#CCC(Cc2ccc(N)nc2)C1(C)O3. The maximum absolute atomic E-state index is 13.9. The molecule has 0 spiro atoms. The van der Waals surface area contributed by atoms with Crippen molar-refractivity contribution in [3.05, 3.63) is 122 Å². The Balaban J connectivity index is 1.60. The van der Waals surface area contributed by atoms with Crippen LogP contribution in [0.2, 0.25) is 0 Å². The van der Waals surface area contributed by atoms with E-state index in [-0.39, 0.29) is 52.5 Å². The average Bonchev–Trinajstić information content (AvgIpc) is 3.15. The van der Waals surface area contributed by atoms with E-state index in [2.05, 4.69) is 21.8 Å². The Bertz CT molecular complexity index is 2430. The van der Waals surface area contributed by atoms with Crippen LogP contribution in [0, 0.1) is 17.8 Å². The van der Waals surface area contributed by atoms with E-state index in [1.165, 1.54) is 0 Å². The summed E-state index contributed by atoms with van der Waals surface area (Å²) >= 11 is 0. The summed E-state index contributed by atoms with van der Waals surface area (Å²) in [6, 6.07) is 14.9. The Morgan fingerprint density at radius 2 is 1.91 bits per heavy atom. The second kappa shape index (κ2) is 14.2. The molecule has 2 bridgehead atoms. The van der Waals surface area contributed by atoms with Crippen molar-refractivity contribution in [2.45, 2.75) is 70.2 Å². The molecule has 5 atom stereocenters. The molecule has 276 valence electrons. The van der Waals surface area contributed by atoms with Crippen LogP contribution in [0.1, 0.15) is 72.6 Å². The Kier molecular flexibility index (Phi) is 9.51. The number of benzene rings is 2. The number of aliphatic hydroxyl groups excluding tert-OH is 1. The average molecular weight is 729 g/mol. The molecule has 12 heteroatoms. The van der Waals surface area contributed by atoms with Gasteiger partial charge in [-0.3, -0.25) is 4.79 Å². The fraction of sp³-hybridized carbons (Fsp3) is 0.286. The highest BCUT2D eigenvalue weighted by Crippen LogP contribution is 2.55. The van der Waals surface area contributed by atoms with Crippen molar-refractivity contribution in [3.63, 3.8) is 0 Å². The number of carbonyl (C=O) groups is 1. The fourth-order valence-electron chi connectivity index (χ4n) is 7.54. The van der Waals surface area contributed by atoms with Gasteiger partial charge in [0.2, 0.25) is 0 Å². The van der Waals surface area contributed by atoms with Crippen molar-refractivity contribution >= 4 is 28.6 Å². The normalized spacial score (nSPS) is 22.1. The van der Waals surface area contributed by atoms with Crippen LogP contribution in [0.5, 0.6) is 17.2 Å². The molecule has 0 amide bonds. The molecule has 0 saturated heterocycles. The summed E-state index contributed by atoms with van der Waals surface area (Å²) in [7, 11) is 0. The van der Waals surface area contributed by atoms with Gasteiger partial charge in [-0.15, -0.1) is 5.92 Å². The van der Waals surface area contributed by atoms with E-state index >= 15 is 0 Å².